The third-order valence-electron chi connectivity index (χ3n) is 2.75. The molecule has 1 N–H and O–H groups in total. The van der Waals surface area contributed by atoms with Crippen LogP contribution in [0.5, 0.6) is 0 Å². The molecule has 0 spiro atoms. The SMILES string of the molecule is Cc1cc2c(cc1Br)[C@@H](C)CCN2. The summed E-state index contributed by atoms with van der Waals surface area (Å²) >= 11 is 3.57. The highest BCUT2D eigenvalue weighted by Crippen LogP contribution is 2.34. The molecular weight excluding hydrogens is 226 g/mol. The highest BCUT2D eigenvalue weighted by Gasteiger charge is 2.16. The number of hydrogen-bond donors (Lipinski definition) is 1. The molecule has 0 aliphatic carbocycles. The molecule has 0 bridgehead atoms. The van der Waals surface area contributed by atoms with Crippen LogP contribution in [0.1, 0.15) is 30.4 Å². The quantitative estimate of drug-likeness (QED) is 0.729. The van der Waals surface area contributed by atoms with E-state index >= 15 is 0 Å². The molecule has 0 saturated heterocycles. The number of halogens is 1. The average Bonchev–Trinajstić information content (AvgIpc) is 2.09. The zero-order chi connectivity index (χ0) is 9.42. The predicted octanol–water partition coefficient (Wildman–Crippen LogP) is 3.68. The van der Waals surface area contributed by atoms with Crippen molar-refractivity contribution in [1.82, 2.24) is 0 Å². The van der Waals surface area contributed by atoms with Crippen molar-refractivity contribution in [3.05, 3.63) is 27.7 Å². The predicted molar refractivity (Wildman–Crippen MR) is 60.4 cm³/mol. The average molecular weight is 240 g/mol. The van der Waals surface area contributed by atoms with E-state index in [1.54, 1.807) is 0 Å². The van der Waals surface area contributed by atoms with E-state index in [1.165, 1.54) is 27.7 Å². The third kappa shape index (κ3) is 1.60. The van der Waals surface area contributed by atoms with Crippen LogP contribution in [-0.2, 0) is 0 Å². The molecular formula is C11H14BrN. The van der Waals surface area contributed by atoms with Crippen molar-refractivity contribution in [1.29, 1.82) is 0 Å². The summed E-state index contributed by atoms with van der Waals surface area (Å²) in [4.78, 5) is 0. The molecule has 0 radical (unpaired) electrons. The van der Waals surface area contributed by atoms with Crippen LogP contribution in [0, 0.1) is 6.92 Å². The number of nitrogens with one attached hydrogen (secondary N) is 1. The Balaban J connectivity index is 2.52. The van der Waals surface area contributed by atoms with Crippen LogP contribution in [-0.4, -0.2) is 6.54 Å². The maximum atomic E-state index is 3.57. The van der Waals surface area contributed by atoms with Crippen LogP contribution in [0.15, 0.2) is 16.6 Å². The normalized spacial score (nSPS) is 20.7. The molecule has 13 heavy (non-hydrogen) atoms. The minimum absolute atomic E-state index is 0.688. The molecule has 1 heterocycles. The molecule has 1 aromatic carbocycles. The first-order valence-corrected chi connectivity index (χ1v) is 5.51. The maximum absolute atomic E-state index is 3.57. The van der Waals surface area contributed by atoms with Crippen LogP contribution in [0.2, 0.25) is 0 Å². The van der Waals surface area contributed by atoms with Crippen molar-refractivity contribution in [2.24, 2.45) is 0 Å². The van der Waals surface area contributed by atoms with Crippen LogP contribution in [0.4, 0.5) is 5.69 Å². The third-order valence-corrected chi connectivity index (χ3v) is 3.61. The monoisotopic (exact) mass is 239 g/mol. The molecule has 70 valence electrons. The van der Waals surface area contributed by atoms with Crippen molar-refractivity contribution in [2.45, 2.75) is 26.2 Å². The zero-order valence-corrected chi connectivity index (χ0v) is 9.61. The maximum Gasteiger partial charge on any atom is 0.0378 e. The van der Waals surface area contributed by atoms with Gasteiger partial charge < -0.3 is 5.32 Å². The van der Waals surface area contributed by atoms with Gasteiger partial charge in [0.05, 0.1) is 0 Å². The van der Waals surface area contributed by atoms with E-state index < -0.39 is 0 Å². The van der Waals surface area contributed by atoms with Gasteiger partial charge in [0.2, 0.25) is 0 Å². The Kier molecular flexibility index (Phi) is 2.33. The second kappa shape index (κ2) is 3.33. The lowest BCUT2D eigenvalue weighted by Gasteiger charge is -2.24. The summed E-state index contributed by atoms with van der Waals surface area (Å²) in [5.74, 6) is 0.688. The molecule has 0 fully saturated rings. The molecule has 2 rings (SSSR count). The summed E-state index contributed by atoms with van der Waals surface area (Å²) in [5.41, 5.74) is 4.07. The molecule has 0 saturated carbocycles. The van der Waals surface area contributed by atoms with E-state index in [-0.39, 0.29) is 0 Å². The smallest absolute Gasteiger partial charge is 0.0378 e. The summed E-state index contributed by atoms with van der Waals surface area (Å²) in [6.45, 7) is 5.53. The van der Waals surface area contributed by atoms with Gasteiger partial charge in [-0.1, -0.05) is 22.9 Å². The summed E-state index contributed by atoms with van der Waals surface area (Å²) in [6.07, 6.45) is 1.24. The lowest BCUT2D eigenvalue weighted by Crippen LogP contribution is -2.15. The van der Waals surface area contributed by atoms with Crippen LogP contribution >= 0.6 is 15.9 Å². The van der Waals surface area contributed by atoms with Crippen LogP contribution in [0.25, 0.3) is 0 Å². The van der Waals surface area contributed by atoms with Gasteiger partial charge in [0.1, 0.15) is 0 Å². The highest BCUT2D eigenvalue weighted by atomic mass is 79.9. The summed E-state index contributed by atoms with van der Waals surface area (Å²) in [6, 6.07) is 4.48. The van der Waals surface area contributed by atoms with E-state index in [1.807, 2.05) is 0 Å². The Morgan fingerprint density at radius 1 is 1.46 bits per heavy atom. The molecule has 2 heteroatoms. The zero-order valence-electron chi connectivity index (χ0n) is 8.02. The summed E-state index contributed by atoms with van der Waals surface area (Å²) in [7, 11) is 0. The van der Waals surface area contributed by atoms with E-state index in [0.29, 0.717) is 5.92 Å². The molecule has 1 nitrogen and oxygen atoms in total. The van der Waals surface area contributed by atoms with Crippen LogP contribution < -0.4 is 5.32 Å². The number of benzene rings is 1. The fourth-order valence-electron chi connectivity index (χ4n) is 1.84. The molecule has 1 aromatic rings. The van der Waals surface area contributed by atoms with Gasteiger partial charge in [-0.15, -0.1) is 0 Å². The van der Waals surface area contributed by atoms with E-state index in [0.717, 1.165) is 6.54 Å². The van der Waals surface area contributed by atoms with Gasteiger partial charge in [0.15, 0.2) is 0 Å². The Morgan fingerprint density at radius 3 is 3.00 bits per heavy atom. The second-order valence-electron chi connectivity index (χ2n) is 3.81. The summed E-state index contributed by atoms with van der Waals surface area (Å²) in [5, 5.41) is 3.44. The first-order valence-electron chi connectivity index (χ1n) is 4.72. The number of hydrogen-bond acceptors (Lipinski definition) is 1. The van der Waals surface area contributed by atoms with Gasteiger partial charge in [0.25, 0.3) is 0 Å². The molecule has 0 aromatic heterocycles. The molecule has 0 unspecified atom stereocenters. The van der Waals surface area contributed by atoms with Gasteiger partial charge >= 0.3 is 0 Å². The number of aryl methyl sites for hydroxylation is 1. The molecule has 1 aliphatic rings. The van der Waals surface area contributed by atoms with Crippen molar-refractivity contribution in [3.63, 3.8) is 0 Å². The first kappa shape index (κ1) is 9.07. The fraction of sp³-hybridized carbons (Fsp3) is 0.455. The van der Waals surface area contributed by atoms with Gasteiger partial charge in [0, 0.05) is 16.7 Å². The van der Waals surface area contributed by atoms with Gasteiger partial charge in [-0.3, -0.25) is 0 Å². The van der Waals surface area contributed by atoms with Crippen LogP contribution in [0.3, 0.4) is 0 Å². The van der Waals surface area contributed by atoms with Crippen molar-refractivity contribution in [2.75, 3.05) is 11.9 Å². The van der Waals surface area contributed by atoms with Gasteiger partial charge in [-0.05, 0) is 42.5 Å². The van der Waals surface area contributed by atoms with E-state index in [2.05, 4.69) is 47.2 Å². The Morgan fingerprint density at radius 2 is 2.23 bits per heavy atom. The minimum Gasteiger partial charge on any atom is -0.385 e. The Hall–Kier alpha value is -0.500. The van der Waals surface area contributed by atoms with E-state index in [9.17, 15) is 0 Å². The largest absolute Gasteiger partial charge is 0.385 e. The fourth-order valence-corrected chi connectivity index (χ4v) is 2.20. The summed E-state index contributed by atoms with van der Waals surface area (Å²) < 4.78 is 1.22. The van der Waals surface area contributed by atoms with Crippen molar-refractivity contribution in [3.8, 4) is 0 Å². The topological polar surface area (TPSA) is 12.0 Å². The first-order chi connectivity index (χ1) is 6.18. The van der Waals surface area contributed by atoms with Gasteiger partial charge in [-0.2, -0.15) is 0 Å². The molecule has 0 amide bonds. The molecule has 1 atom stereocenters. The standard InChI is InChI=1S/C11H14BrN/c1-7-3-4-13-11-5-8(2)10(12)6-9(7)11/h5-7,13H,3-4H2,1-2H3/t7-/m0/s1. The lowest BCUT2D eigenvalue weighted by molar-refractivity contribution is 0.683. The van der Waals surface area contributed by atoms with Gasteiger partial charge in [-0.25, -0.2) is 0 Å². The number of anilines is 1. The Bertz CT molecular complexity index is 333. The minimum atomic E-state index is 0.688. The Labute approximate surface area is 87.7 Å². The number of rotatable bonds is 0. The highest BCUT2D eigenvalue weighted by molar-refractivity contribution is 9.10. The molecule has 1 aliphatic heterocycles. The van der Waals surface area contributed by atoms with E-state index in [4.69, 9.17) is 0 Å². The number of fused-ring (bicyclic) bond motifs is 1. The van der Waals surface area contributed by atoms with Crippen molar-refractivity contribution < 1.29 is 0 Å². The lowest BCUT2D eigenvalue weighted by atomic mass is 9.92. The van der Waals surface area contributed by atoms with Crippen molar-refractivity contribution >= 4 is 21.6 Å². The second-order valence-corrected chi connectivity index (χ2v) is 4.66.